The van der Waals surface area contributed by atoms with Crippen molar-refractivity contribution in [3.05, 3.63) is 35.4 Å². The van der Waals surface area contributed by atoms with Gasteiger partial charge in [-0.05, 0) is 23.5 Å². The van der Waals surface area contributed by atoms with Crippen LogP contribution in [0.3, 0.4) is 0 Å². The van der Waals surface area contributed by atoms with Crippen molar-refractivity contribution in [2.45, 2.75) is 63.2 Å². The lowest BCUT2D eigenvalue weighted by atomic mass is 9.75. The number of methoxy groups -OCH3 is 1. The third-order valence-electron chi connectivity index (χ3n) is 4.23. The summed E-state index contributed by atoms with van der Waals surface area (Å²) in [6.45, 7) is 6.28. The van der Waals surface area contributed by atoms with Crippen LogP contribution in [0.2, 0.25) is 0 Å². The molecule has 0 N–H and O–H groups in total. The Morgan fingerprint density at radius 2 is 1.16 bits per heavy atom. The number of hydrogen-bond acceptors (Lipinski definition) is 1. The highest BCUT2D eigenvalue weighted by atomic mass is 19.4. The Bertz CT molecular complexity index is 584. The van der Waals surface area contributed by atoms with E-state index in [9.17, 15) is 30.7 Å². The molecule has 1 atom stereocenters. The third-order valence-corrected chi connectivity index (χ3v) is 4.23. The molecular formula is C17H21F7O. The van der Waals surface area contributed by atoms with Gasteiger partial charge in [0, 0.05) is 13.5 Å². The molecule has 0 saturated carbocycles. The number of alkyl halides is 7. The van der Waals surface area contributed by atoms with E-state index in [2.05, 4.69) is 0 Å². The summed E-state index contributed by atoms with van der Waals surface area (Å²) >= 11 is 0. The smallest absolute Gasteiger partial charge is 0.374 e. The molecule has 0 fully saturated rings. The molecule has 0 aliphatic carbocycles. The lowest BCUT2D eigenvalue weighted by Crippen LogP contribution is -2.56. The molecule has 1 aromatic rings. The fraction of sp³-hybridized carbons (Fsp3) is 0.647. The second-order valence-electron chi connectivity index (χ2n) is 7.20. The van der Waals surface area contributed by atoms with Gasteiger partial charge in [-0.3, -0.25) is 0 Å². The SMILES string of the molecule is COC(C)(CC(F)(C(F)(F)F)C(F)(F)F)c1ccccc1C(C)(C)C. The topological polar surface area (TPSA) is 9.23 Å². The molecule has 0 aromatic heterocycles. The molecule has 8 heteroatoms. The van der Waals surface area contributed by atoms with Gasteiger partial charge in [0.25, 0.3) is 0 Å². The molecule has 0 radical (unpaired) electrons. The van der Waals surface area contributed by atoms with Crippen molar-refractivity contribution in [3.8, 4) is 0 Å². The Kier molecular flexibility index (Phi) is 5.60. The molecule has 0 heterocycles. The van der Waals surface area contributed by atoms with Crippen LogP contribution >= 0.6 is 0 Å². The van der Waals surface area contributed by atoms with Gasteiger partial charge in [-0.1, -0.05) is 45.0 Å². The van der Waals surface area contributed by atoms with Gasteiger partial charge in [-0.25, -0.2) is 4.39 Å². The molecule has 0 aliphatic rings. The first-order valence-corrected chi connectivity index (χ1v) is 7.47. The molecule has 1 aromatic carbocycles. The van der Waals surface area contributed by atoms with E-state index in [4.69, 9.17) is 4.74 Å². The van der Waals surface area contributed by atoms with Gasteiger partial charge < -0.3 is 4.74 Å². The van der Waals surface area contributed by atoms with E-state index in [0.717, 1.165) is 14.0 Å². The summed E-state index contributed by atoms with van der Waals surface area (Å²) in [4.78, 5) is 0. The Balaban J connectivity index is 3.57. The highest BCUT2D eigenvalue weighted by Gasteiger charge is 2.74. The zero-order chi connectivity index (χ0) is 19.9. The molecule has 0 spiro atoms. The molecule has 0 amide bonds. The summed E-state index contributed by atoms with van der Waals surface area (Å²) in [7, 11) is 0.965. The van der Waals surface area contributed by atoms with Crippen LogP contribution in [-0.4, -0.2) is 25.1 Å². The van der Waals surface area contributed by atoms with E-state index >= 15 is 0 Å². The first-order chi connectivity index (χ1) is 11.0. The van der Waals surface area contributed by atoms with Crippen molar-refractivity contribution >= 4 is 0 Å². The van der Waals surface area contributed by atoms with Gasteiger partial charge >= 0.3 is 18.0 Å². The molecule has 1 rings (SSSR count). The molecule has 0 saturated heterocycles. The molecule has 25 heavy (non-hydrogen) atoms. The van der Waals surface area contributed by atoms with E-state index in [1.807, 2.05) is 0 Å². The first kappa shape index (κ1) is 21.7. The first-order valence-electron chi connectivity index (χ1n) is 7.47. The average Bonchev–Trinajstić information content (AvgIpc) is 2.43. The third kappa shape index (κ3) is 4.10. The Morgan fingerprint density at radius 1 is 0.760 bits per heavy atom. The molecule has 0 aliphatic heterocycles. The lowest BCUT2D eigenvalue weighted by molar-refractivity contribution is -0.353. The standard InChI is InChI=1S/C17H21F7O/c1-13(2,3)11-8-6-7-9-12(11)14(4,25-5)10-15(18,16(19,20)21)17(22,23)24/h6-9H,10H2,1-5H3. The maximum Gasteiger partial charge on any atom is 0.431 e. The summed E-state index contributed by atoms with van der Waals surface area (Å²) in [5, 5.41) is 0. The second kappa shape index (κ2) is 6.45. The monoisotopic (exact) mass is 374 g/mol. The van der Waals surface area contributed by atoms with Gasteiger partial charge in [-0.15, -0.1) is 0 Å². The van der Waals surface area contributed by atoms with E-state index in [-0.39, 0.29) is 5.56 Å². The summed E-state index contributed by atoms with van der Waals surface area (Å²) in [5.41, 5.74) is -7.56. The van der Waals surface area contributed by atoms with E-state index < -0.39 is 35.5 Å². The van der Waals surface area contributed by atoms with Gasteiger partial charge in [-0.2, -0.15) is 26.3 Å². The van der Waals surface area contributed by atoms with Crippen LogP contribution in [0.4, 0.5) is 30.7 Å². The zero-order valence-corrected chi connectivity index (χ0v) is 14.6. The van der Waals surface area contributed by atoms with Gasteiger partial charge in [0.2, 0.25) is 0 Å². The second-order valence-corrected chi connectivity index (χ2v) is 7.20. The molecule has 1 nitrogen and oxygen atoms in total. The minimum atomic E-state index is -6.12. The van der Waals surface area contributed by atoms with Crippen LogP contribution in [0.15, 0.2) is 24.3 Å². The van der Waals surface area contributed by atoms with Crippen LogP contribution in [-0.2, 0) is 15.8 Å². The lowest BCUT2D eigenvalue weighted by Gasteiger charge is -2.40. The zero-order valence-electron chi connectivity index (χ0n) is 14.6. The number of ether oxygens (including phenoxy) is 1. The number of benzene rings is 1. The highest BCUT2D eigenvalue weighted by molar-refractivity contribution is 5.37. The fourth-order valence-electron chi connectivity index (χ4n) is 2.70. The Hall–Kier alpha value is -1.31. The summed E-state index contributed by atoms with van der Waals surface area (Å²) in [6.07, 6.45) is -14.2. The van der Waals surface area contributed by atoms with Gasteiger partial charge in [0.15, 0.2) is 0 Å². The van der Waals surface area contributed by atoms with Crippen molar-refractivity contribution in [1.82, 2.24) is 0 Å². The van der Waals surface area contributed by atoms with Crippen molar-refractivity contribution in [2.24, 2.45) is 0 Å². The Morgan fingerprint density at radius 3 is 1.48 bits per heavy atom. The van der Waals surface area contributed by atoms with Crippen molar-refractivity contribution < 1.29 is 35.5 Å². The Labute approximate surface area is 142 Å². The summed E-state index contributed by atoms with van der Waals surface area (Å²) in [5.74, 6) is 0. The predicted molar refractivity (Wildman–Crippen MR) is 80.1 cm³/mol. The molecular weight excluding hydrogens is 353 g/mol. The molecule has 0 bridgehead atoms. The van der Waals surface area contributed by atoms with Crippen LogP contribution in [0, 0.1) is 0 Å². The van der Waals surface area contributed by atoms with E-state index in [1.54, 1.807) is 32.9 Å². The number of hydrogen-bond donors (Lipinski definition) is 0. The summed E-state index contributed by atoms with van der Waals surface area (Å²) < 4.78 is 97.1. The quantitative estimate of drug-likeness (QED) is 0.582. The van der Waals surface area contributed by atoms with Crippen LogP contribution < -0.4 is 0 Å². The average molecular weight is 374 g/mol. The van der Waals surface area contributed by atoms with Crippen LogP contribution in [0.1, 0.15) is 45.2 Å². The minimum absolute atomic E-state index is 0.0838. The minimum Gasteiger partial charge on any atom is -0.374 e. The van der Waals surface area contributed by atoms with Crippen molar-refractivity contribution in [1.29, 1.82) is 0 Å². The molecule has 144 valence electrons. The number of halogens is 7. The normalized spacial score (nSPS) is 16.6. The van der Waals surface area contributed by atoms with Crippen LogP contribution in [0.25, 0.3) is 0 Å². The highest BCUT2D eigenvalue weighted by Crippen LogP contribution is 2.53. The largest absolute Gasteiger partial charge is 0.431 e. The predicted octanol–water partition coefficient (Wildman–Crippen LogP) is 6.07. The van der Waals surface area contributed by atoms with E-state index in [0.29, 0.717) is 5.56 Å². The van der Waals surface area contributed by atoms with Gasteiger partial charge in [0.1, 0.15) is 0 Å². The van der Waals surface area contributed by atoms with E-state index in [1.165, 1.54) is 12.1 Å². The molecule has 1 unspecified atom stereocenters. The van der Waals surface area contributed by atoms with Crippen LogP contribution in [0.5, 0.6) is 0 Å². The number of rotatable bonds is 4. The van der Waals surface area contributed by atoms with Crippen molar-refractivity contribution in [3.63, 3.8) is 0 Å². The summed E-state index contributed by atoms with van der Waals surface area (Å²) in [6, 6.07) is 6.00. The maximum absolute atomic E-state index is 14.3. The fourth-order valence-corrected chi connectivity index (χ4v) is 2.70. The van der Waals surface area contributed by atoms with Gasteiger partial charge in [0.05, 0.1) is 5.60 Å². The maximum atomic E-state index is 14.3. The van der Waals surface area contributed by atoms with Crippen molar-refractivity contribution in [2.75, 3.05) is 7.11 Å².